The summed E-state index contributed by atoms with van der Waals surface area (Å²) in [5, 5.41) is 7.30. The van der Waals surface area contributed by atoms with Crippen molar-refractivity contribution in [3.63, 3.8) is 0 Å². The van der Waals surface area contributed by atoms with Gasteiger partial charge in [-0.25, -0.2) is 0 Å². The van der Waals surface area contributed by atoms with E-state index in [-0.39, 0.29) is 49.7 Å². The second-order valence-electron chi connectivity index (χ2n) is 6.89. The largest absolute Gasteiger partial charge is 0.355 e. The number of aryl methyl sites for hydroxylation is 1. The summed E-state index contributed by atoms with van der Waals surface area (Å²) in [6.45, 7) is 2.35. The third-order valence-electron chi connectivity index (χ3n) is 4.85. The van der Waals surface area contributed by atoms with E-state index >= 15 is 0 Å². The molecular weight excluding hydrogens is 386 g/mol. The number of thiophene rings is 1. The fraction of sp³-hybridized carbons (Fsp3) is 0.318. The fourth-order valence-electron chi connectivity index (χ4n) is 3.43. The zero-order chi connectivity index (χ0) is 20.8. The van der Waals surface area contributed by atoms with E-state index in [9.17, 15) is 14.4 Å². The summed E-state index contributed by atoms with van der Waals surface area (Å²) < 4.78 is 0. The first-order chi connectivity index (χ1) is 14.0. The molecule has 3 amide bonds. The van der Waals surface area contributed by atoms with Crippen LogP contribution in [0, 0.1) is 25.2 Å². The van der Waals surface area contributed by atoms with Crippen molar-refractivity contribution >= 4 is 34.7 Å². The molecule has 3 rings (SSSR count). The van der Waals surface area contributed by atoms with Crippen LogP contribution >= 0.6 is 11.3 Å². The Kier molecular flexibility index (Phi) is 6.68. The fourth-order valence-corrected chi connectivity index (χ4v) is 4.31. The second-order valence-corrected chi connectivity index (χ2v) is 7.87. The number of anilines is 1. The minimum Gasteiger partial charge on any atom is -0.355 e. The molecule has 150 valence electrons. The van der Waals surface area contributed by atoms with Crippen molar-refractivity contribution in [3.8, 4) is 12.3 Å². The van der Waals surface area contributed by atoms with Gasteiger partial charge in [0, 0.05) is 30.0 Å². The highest BCUT2D eigenvalue weighted by atomic mass is 32.1. The lowest BCUT2D eigenvalue weighted by Gasteiger charge is -2.27. The van der Waals surface area contributed by atoms with Gasteiger partial charge in [-0.05, 0) is 30.5 Å². The highest BCUT2D eigenvalue weighted by Gasteiger charge is 2.45. The molecule has 0 bridgehead atoms. The van der Waals surface area contributed by atoms with Crippen LogP contribution in [0.15, 0.2) is 41.8 Å². The Hall–Kier alpha value is -3.11. The molecule has 1 aromatic heterocycles. The number of terminal acetylenes is 1. The molecule has 0 radical (unpaired) electrons. The van der Waals surface area contributed by atoms with Crippen molar-refractivity contribution in [2.45, 2.75) is 25.8 Å². The SMILES string of the molecule is C#CCNC(=O)CCNC(=O)C1CC(=O)N(c2ccc(C)cc2)C1c1cccs1. The van der Waals surface area contributed by atoms with Gasteiger partial charge < -0.3 is 15.5 Å². The van der Waals surface area contributed by atoms with Crippen LogP contribution in [0.25, 0.3) is 0 Å². The van der Waals surface area contributed by atoms with Crippen molar-refractivity contribution in [2.75, 3.05) is 18.0 Å². The summed E-state index contributed by atoms with van der Waals surface area (Å²) in [6.07, 6.45) is 5.38. The molecule has 1 fully saturated rings. The third kappa shape index (κ3) is 4.84. The van der Waals surface area contributed by atoms with Gasteiger partial charge in [-0.1, -0.05) is 29.7 Å². The van der Waals surface area contributed by atoms with Gasteiger partial charge in [0.1, 0.15) is 0 Å². The number of amides is 3. The molecule has 1 aliphatic rings. The maximum absolute atomic E-state index is 12.9. The quantitative estimate of drug-likeness (QED) is 0.690. The minimum atomic E-state index is -0.517. The van der Waals surface area contributed by atoms with Crippen LogP contribution in [0.2, 0.25) is 0 Å². The van der Waals surface area contributed by atoms with E-state index in [1.54, 1.807) is 4.90 Å². The molecule has 0 spiro atoms. The number of nitrogens with one attached hydrogen (secondary N) is 2. The van der Waals surface area contributed by atoms with Gasteiger partial charge in [-0.2, -0.15) is 0 Å². The standard InChI is InChI=1S/C22H23N3O3S/c1-3-11-23-19(26)10-12-24-22(28)17-14-20(27)25(16-8-6-15(2)7-9-16)21(17)18-5-4-13-29-18/h1,4-9,13,17,21H,10-12,14H2,2H3,(H,23,26)(H,24,28). The van der Waals surface area contributed by atoms with Gasteiger partial charge in [-0.3, -0.25) is 14.4 Å². The van der Waals surface area contributed by atoms with Crippen LogP contribution in [-0.2, 0) is 14.4 Å². The molecule has 2 N–H and O–H groups in total. The number of benzene rings is 1. The van der Waals surface area contributed by atoms with E-state index in [1.807, 2.05) is 48.7 Å². The first-order valence-electron chi connectivity index (χ1n) is 9.41. The molecule has 0 saturated carbocycles. The van der Waals surface area contributed by atoms with Crippen LogP contribution in [-0.4, -0.2) is 30.8 Å². The zero-order valence-corrected chi connectivity index (χ0v) is 17.0. The molecule has 2 atom stereocenters. The Labute approximate surface area is 174 Å². The maximum Gasteiger partial charge on any atom is 0.228 e. The Balaban J connectivity index is 1.75. The summed E-state index contributed by atoms with van der Waals surface area (Å²) in [5.74, 6) is 1.28. The molecule has 1 saturated heterocycles. The topological polar surface area (TPSA) is 78.5 Å². The van der Waals surface area contributed by atoms with Crippen LogP contribution in [0.3, 0.4) is 0 Å². The second kappa shape index (κ2) is 9.39. The van der Waals surface area contributed by atoms with Crippen LogP contribution in [0.5, 0.6) is 0 Å². The van der Waals surface area contributed by atoms with Crippen LogP contribution in [0.4, 0.5) is 5.69 Å². The summed E-state index contributed by atoms with van der Waals surface area (Å²) >= 11 is 1.53. The Morgan fingerprint density at radius 2 is 2.00 bits per heavy atom. The highest BCUT2D eigenvalue weighted by Crippen LogP contribution is 2.43. The predicted octanol–water partition coefficient (Wildman–Crippen LogP) is 2.41. The van der Waals surface area contributed by atoms with Gasteiger partial charge in [0.15, 0.2) is 0 Å². The average molecular weight is 410 g/mol. The van der Waals surface area contributed by atoms with Gasteiger partial charge in [-0.15, -0.1) is 17.8 Å². The lowest BCUT2D eigenvalue weighted by atomic mass is 9.97. The van der Waals surface area contributed by atoms with Crippen molar-refractivity contribution in [3.05, 3.63) is 52.2 Å². The Morgan fingerprint density at radius 3 is 2.66 bits per heavy atom. The molecule has 0 aliphatic carbocycles. The van der Waals surface area contributed by atoms with Crippen LogP contribution in [0.1, 0.15) is 29.3 Å². The average Bonchev–Trinajstić information content (AvgIpc) is 3.34. The first kappa shape index (κ1) is 20.6. The van der Waals surface area contributed by atoms with Gasteiger partial charge in [0.05, 0.1) is 18.5 Å². The monoisotopic (exact) mass is 409 g/mol. The highest BCUT2D eigenvalue weighted by molar-refractivity contribution is 7.10. The number of nitrogens with zero attached hydrogens (tertiary/aromatic N) is 1. The van der Waals surface area contributed by atoms with Gasteiger partial charge in [0.2, 0.25) is 17.7 Å². The predicted molar refractivity (Wildman–Crippen MR) is 113 cm³/mol. The zero-order valence-electron chi connectivity index (χ0n) is 16.2. The summed E-state index contributed by atoms with van der Waals surface area (Å²) in [5.41, 5.74) is 1.88. The maximum atomic E-state index is 12.9. The van der Waals surface area contributed by atoms with E-state index in [1.165, 1.54) is 11.3 Å². The van der Waals surface area contributed by atoms with Gasteiger partial charge >= 0.3 is 0 Å². The molecular formula is C22H23N3O3S. The number of hydrogen-bond donors (Lipinski definition) is 2. The Bertz CT molecular complexity index is 916. The van der Waals surface area contributed by atoms with E-state index < -0.39 is 5.92 Å². The lowest BCUT2D eigenvalue weighted by Crippen LogP contribution is -2.37. The lowest BCUT2D eigenvalue weighted by molar-refractivity contribution is -0.127. The number of carbonyl (C=O) groups is 3. The summed E-state index contributed by atoms with van der Waals surface area (Å²) in [4.78, 5) is 40.1. The van der Waals surface area contributed by atoms with E-state index in [0.717, 1.165) is 16.1 Å². The summed E-state index contributed by atoms with van der Waals surface area (Å²) in [6, 6.07) is 11.2. The molecule has 6 nitrogen and oxygen atoms in total. The molecule has 2 unspecified atom stereocenters. The molecule has 2 heterocycles. The molecule has 7 heteroatoms. The smallest absolute Gasteiger partial charge is 0.228 e. The number of carbonyl (C=O) groups excluding carboxylic acids is 3. The van der Waals surface area contributed by atoms with E-state index in [2.05, 4.69) is 16.6 Å². The van der Waals surface area contributed by atoms with Crippen molar-refractivity contribution in [1.29, 1.82) is 0 Å². The molecule has 1 aromatic carbocycles. The van der Waals surface area contributed by atoms with Crippen molar-refractivity contribution in [1.82, 2.24) is 10.6 Å². The first-order valence-corrected chi connectivity index (χ1v) is 10.3. The number of hydrogen-bond acceptors (Lipinski definition) is 4. The van der Waals surface area contributed by atoms with E-state index in [0.29, 0.717) is 0 Å². The van der Waals surface area contributed by atoms with E-state index in [4.69, 9.17) is 6.42 Å². The van der Waals surface area contributed by atoms with Crippen molar-refractivity contribution < 1.29 is 14.4 Å². The third-order valence-corrected chi connectivity index (χ3v) is 5.79. The summed E-state index contributed by atoms with van der Waals surface area (Å²) in [7, 11) is 0. The Morgan fingerprint density at radius 1 is 1.24 bits per heavy atom. The van der Waals surface area contributed by atoms with Crippen molar-refractivity contribution in [2.24, 2.45) is 5.92 Å². The number of rotatable bonds is 7. The van der Waals surface area contributed by atoms with Crippen LogP contribution < -0.4 is 15.5 Å². The normalized spacial score (nSPS) is 18.3. The molecule has 1 aliphatic heterocycles. The van der Waals surface area contributed by atoms with Gasteiger partial charge in [0.25, 0.3) is 0 Å². The molecule has 29 heavy (non-hydrogen) atoms. The minimum absolute atomic E-state index is 0.0841. The molecule has 2 aromatic rings.